The number of para-hydroxylation sites is 3. The Hall–Kier alpha value is -13.5. The lowest BCUT2D eigenvalue weighted by Crippen LogP contribution is -2.61. The summed E-state index contributed by atoms with van der Waals surface area (Å²) >= 11 is 0. The van der Waals surface area contributed by atoms with Crippen LogP contribution in [0.2, 0.25) is 0 Å². The maximum Gasteiger partial charge on any atom is 0.252 e. The Labute approximate surface area is 556 Å². The zero-order valence-corrected chi connectivity index (χ0v) is 51.7. The average Bonchev–Trinajstić information content (AvgIpc) is 0.733. The number of aromatic nitrogens is 1. The van der Waals surface area contributed by atoms with Crippen molar-refractivity contribution in [3.8, 4) is 108 Å². The summed E-state index contributed by atoms with van der Waals surface area (Å²) in [7, 11) is 0. The number of nitrogens with zero attached hydrogens (tertiary/aromatic N) is 7. The van der Waals surface area contributed by atoms with E-state index in [1.807, 2.05) is 24.3 Å². The molecule has 0 aliphatic carbocycles. The second kappa shape index (κ2) is 23.3. The average molecular weight is 1220 g/mol. The van der Waals surface area contributed by atoms with Crippen LogP contribution in [-0.4, -0.2) is 11.3 Å². The van der Waals surface area contributed by atoms with Gasteiger partial charge in [-0.3, -0.25) is 0 Å². The molecule has 15 aromatic rings. The first-order chi connectivity index (χ1) is 47.4. The van der Waals surface area contributed by atoms with Gasteiger partial charge in [-0.1, -0.05) is 188 Å². The summed E-state index contributed by atoms with van der Waals surface area (Å²) < 4.78 is 2.28. The van der Waals surface area contributed by atoms with Gasteiger partial charge < -0.3 is 14.4 Å². The number of hydrogen-bond acceptors (Lipinski definition) is 6. The molecule has 0 saturated heterocycles. The summed E-state index contributed by atoms with van der Waals surface area (Å²) in [5.74, 6) is 0. The first-order valence-electron chi connectivity index (χ1n) is 32.0. The predicted octanol–water partition coefficient (Wildman–Crippen LogP) is 20.0. The predicted molar refractivity (Wildman–Crippen MR) is 392 cm³/mol. The van der Waals surface area contributed by atoms with E-state index in [4.69, 9.17) is 0 Å². The molecule has 0 saturated carbocycles. The molecule has 3 heterocycles. The van der Waals surface area contributed by atoms with Crippen LogP contribution in [0.15, 0.2) is 315 Å². The molecule has 14 aromatic carbocycles. The van der Waals surface area contributed by atoms with Crippen molar-refractivity contribution in [2.75, 3.05) is 9.80 Å². The van der Waals surface area contributed by atoms with Gasteiger partial charge in [-0.2, -0.15) is 21.0 Å². The number of fused-ring (bicyclic) bond motifs is 7. The summed E-state index contributed by atoms with van der Waals surface area (Å²) in [6, 6.07) is 120. The Bertz CT molecular complexity index is 5470. The molecule has 442 valence electrons. The highest BCUT2D eigenvalue weighted by atomic mass is 15.2. The molecule has 0 amide bonds. The third-order valence-corrected chi connectivity index (χ3v) is 18.9. The maximum atomic E-state index is 10.4. The highest BCUT2D eigenvalue weighted by molar-refractivity contribution is 7.00. The van der Waals surface area contributed by atoms with E-state index in [1.54, 1.807) is 24.3 Å². The molecule has 0 radical (unpaired) electrons. The molecule has 8 heteroatoms. The van der Waals surface area contributed by atoms with Crippen LogP contribution in [-0.2, 0) is 0 Å². The van der Waals surface area contributed by atoms with E-state index in [1.165, 1.54) is 16.4 Å². The molecule has 96 heavy (non-hydrogen) atoms. The molecule has 2 aliphatic heterocycles. The van der Waals surface area contributed by atoms with Crippen LogP contribution >= 0.6 is 0 Å². The van der Waals surface area contributed by atoms with Gasteiger partial charge in [-0.15, -0.1) is 0 Å². The van der Waals surface area contributed by atoms with E-state index >= 15 is 0 Å². The summed E-state index contributed by atoms with van der Waals surface area (Å²) in [6.07, 6.45) is 0. The van der Waals surface area contributed by atoms with Gasteiger partial charge in [-0.25, -0.2) is 0 Å². The fraction of sp³-hybridized carbons (Fsp3) is 0. The quantitative estimate of drug-likeness (QED) is 0.126. The second-order valence-corrected chi connectivity index (χ2v) is 24.5. The van der Waals surface area contributed by atoms with E-state index in [-0.39, 0.29) is 6.71 Å². The number of rotatable bonds is 10. The zero-order valence-electron chi connectivity index (χ0n) is 51.7. The maximum absolute atomic E-state index is 10.4. The first kappa shape index (κ1) is 56.5. The molecule has 1 aromatic heterocycles. The van der Waals surface area contributed by atoms with Crippen LogP contribution in [0.3, 0.4) is 0 Å². The number of nitriles is 4. The van der Waals surface area contributed by atoms with Gasteiger partial charge in [0.15, 0.2) is 0 Å². The van der Waals surface area contributed by atoms with Gasteiger partial charge in [0, 0.05) is 50.5 Å². The molecular formula is C88H52BN7. The Balaban J connectivity index is 0.939. The molecule has 0 spiro atoms. The van der Waals surface area contributed by atoms with Gasteiger partial charge in [0.05, 0.1) is 63.3 Å². The van der Waals surface area contributed by atoms with Gasteiger partial charge in [0.25, 0.3) is 6.71 Å². The largest absolute Gasteiger partial charge is 0.311 e. The van der Waals surface area contributed by atoms with Crippen molar-refractivity contribution in [1.29, 1.82) is 21.0 Å². The first-order valence-corrected chi connectivity index (χ1v) is 32.0. The minimum atomic E-state index is -0.136. The van der Waals surface area contributed by atoms with Gasteiger partial charge in [0.1, 0.15) is 0 Å². The molecule has 7 nitrogen and oxygen atoms in total. The second-order valence-electron chi connectivity index (χ2n) is 24.5. The molecule has 0 bridgehead atoms. The third-order valence-electron chi connectivity index (χ3n) is 18.9. The number of hydrogen-bond donors (Lipinski definition) is 0. The monoisotopic (exact) mass is 1220 g/mol. The normalized spacial score (nSPS) is 11.9. The summed E-state index contributed by atoms with van der Waals surface area (Å²) in [5.41, 5.74) is 28.1. The van der Waals surface area contributed by atoms with Gasteiger partial charge in [-0.05, 0) is 216 Å². The van der Waals surface area contributed by atoms with E-state index in [2.05, 4.69) is 306 Å². The summed E-state index contributed by atoms with van der Waals surface area (Å²) in [5, 5.41) is 42.9. The minimum Gasteiger partial charge on any atom is -0.311 e. The van der Waals surface area contributed by atoms with Crippen molar-refractivity contribution in [2.24, 2.45) is 0 Å². The van der Waals surface area contributed by atoms with Crippen LogP contribution in [0.5, 0.6) is 0 Å². The summed E-state index contributed by atoms with van der Waals surface area (Å²) in [4.78, 5) is 5.03. The smallest absolute Gasteiger partial charge is 0.252 e. The van der Waals surface area contributed by atoms with Crippen LogP contribution < -0.4 is 26.2 Å². The van der Waals surface area contributed by atoms with Gasteiger partial charge >= 0.3 is 0 Å². The lowest BCUT2D eigenvalue weighted by Gasteiger charge is -2.44. The lowest BCUT2D eigenvalue weighted by molar-refractivity contribution is 1.18. The highest BCUT2D eigenvalue weighted by Crippen LogP contribution is 2.50. The van der Waals surface area contributed by atoms with Crippen molar-refractivity contribution in [1.82, 2.24) is 4.57 Å². The molecule has 0 fully saturated rings. The van der Waals surface area contributed by atoms with Crippen molar-refractivity contribution in [2.45, 2.75) is 0 Å². The van der Waals surface area contributed by atoms with Crippen LogP contribution in [0.25, 0.3) is 105 Å². The Morgan fingerprint density at radius 3 is 1.08 bits per heavy atom. The third kappa shape index (κ3) is 9.66. The van der Waals surface area contributed by atoms with Crippen molar-refractivity contribution in [3.05, 3.63) is 338 Å². The van der Waals surface area contributed by atoms with E-state index < -0.39 is 0 Å². The Kier molecular flexibility index (Phi) is 13.7. The number of benzene rings is 14. The van der Waals surface area contributed by atoms with Crippen LogP contribution in [0.1, 0.15) is 22.3 Å². The summed E-state index contributed by atoms with van der Waals surface area (Å²) in [6.45, 7) is -0.136. The minimum absolute atomic E-state index is 0.136. The molecule has 0 atom stereocenters. The van der Waals surface area contributed by atoms with Crippen LogP contribution in [0, 0.1) is 45.3 Å². The molecule has 17 rings (SSSR count). The van der Waals surface area contributed by atoms with E-state index in [0.717, 1.165) is 128 Å². The van der Waals surface area contributed by atoms with Crippen LogP contribution in [0.4, 0.5) is 34.1 Å². The molecule has 0 N–H and O–H groups in total. The lowest BCUT2D eigenvalue weighted by atomic mass is 9.33. The molecule has 2 aliphatic rings. The standard InChI is InChI=1S/C88H52BN7/c90-53-57-37-58(54-91)40-67(39-57)65-33-35-82(77(49-65)73-41-59(55-92)38-60(42-73)56-93)96-81-30-16-13-27-76(81)78-50-66(34-36-83(78)96)72-51-86-88-87(52-72)95(75-47-70(63-23-9-3-10-24-63)44-71(48-75)64-25-11-4-12-26-64)85-32-18-15-29-80(85)89(88)79-28-14-17-31-84(79)94(86)74-45-68(61-19-5-1-6-20-61)43-69(46-74)62-21-7-2-8-22-62/h1-52H. The fourth-order valence-electron chi connectivity index (χ4n) is 14.7. The van der Waals surface area contributed by atoms with Crippen molar-refractivity contribution < 1.29 is 0 Å². The topological polar surface area (TPSA) is 107 Å². The van der Waals surface area contributed by atoms with E-state index in [0.29, 0.717) is 33.4 Å². The van der Waals surface area contributed by atoms with E-state index in [9.17, 15) is 21.0 Å². The molecular weight excluding hydrogens is 1170 g/mol. The number of anilines is 6. The van der Waals surface area contributed by atoms with Crippen molar-refractivity contribution in [3.63, 3.8) is 0 Å². The fourth-order valence-corrected chi connectivity index (χ4v) is 14.7. The SMILES string of the molecule is N#Cc1cc(C#N)cc(-c2ccc(-n3c4ccccc4c4cc(-c5cc6c7c(c5)N(c5cc(-c8ccccc8)cc(-c8ccccc8)c5)c5ccccc5B7c5ccccc5N6c5cc(-c6ccccc6)cc(-c6ccccc6)c5)ccc43)c(-c3cc(C#N)cc(C#N)c3)c2)c1. The molecule has 0 unspecified atom stereocenters. The highest BCUT2D eigenvalue weighted by Gasteiger charge is 2.44. The Morgan fingerprint density at radius 2 is 0.615 bits per heavy atom. The zero-order chi connectivity index (χ0) is 64.4. The van der Waals surface area contributed by atoms with Crippen molar-refractivity contribution >= 4 is 79.0 Å². The Morgan fingerprint density at radius 1 is 0.240 bits per heavy atom. The van der Waals surface area contributed by atoms with Gasteiger partial charge in [0.2, 0.25) is 0 Å².